The molecular formula is C11H11BrN2O5S. The zero-order valence-corrected chi connectivity index (χ0v) is 12.7. The van der Waals surface area contributed by atoms with Crippen LogP contribution in [0.25, 0.3) is 0 Å². The predicted octanol–water partition coefficient (Wildman–Crippen LogP) is -0.293. The monoisotopic (exact) mass is 362 g/mol. The molecule has 2 rings (SSSR count). The Morgan fingerprint density at radius 3 is 2.75 bits per heavy atom. The quantitative estimate of drug-likeness (QED) is 0.404. The second kappa shape index (κ2) is 5.57. The number of β-lactam (4-membered cyclic amide) rings is 1. The maximum atomic E-state index is 11.9. The molecule has 2 heterocycles. The molecule has 0 saturated carbocycles. The zero-order chi connectivity index (χ0) is 15.0. The highest BCUT2D eigenvalue weighted by Crippen LogP contribution is 2.37. The maximum Gasteiger partial charge on any atom is 0.352 e. The van der Waals surface area contributed by atoms with Crippen LogP contribution in [0.3, 0.4) is 0 Å². The van der Waals surface area contributed by atoms with Crippen LogP contribution in [0.4, 0.5) is 0 Å². The summed E-state index contributed by atoms with van der Waals surface area (Å²) in [5, 5.41) is 11.0. The van der Waals surface area contributed by atoms with Crippen LogP contribution in [0.2, 0.25) is 0 Å². The van der Waals surface area contributed by atoms with Crippen LogP contribution in [-0.4, -0.2) is 55.6 Å². The summed E-state index contributed by atoms with van der Waals surface area (Å²) in [6.45, 7) is 1.26. The number of carbonyl (C=O) groups is 4. The number of carbonyl (C=O) groups excluding carboxylic acids is 3. The van der Waals surface area contributed by atoms with Crippen LogP contribution in [0.1, 0.15) is 6.92 Å². The van der Waals surface area contributed by atoms with E-state index >= 15 is 0 Å². The number of nitrogens with one attached hydrogen (secondary N) is 1. The minimum Gasteiger partial charge on any atom is -0.477 e. The van der Waals surface area contributed by atoms with E-state index in [1.54, 1.807) is 0 Å². The summed E-state index contributed by atoms with van der Waals surface area (Å²) in [6, 6.07) is -0.796. The van der Waals surface area contributed by atoms with E-state index in [0.29, 0.717) is 5.75 Å². The molecule has 9 heteroatoms. The molecule has 0 aliphatic carbocycles. The average Bonchev–Trinajstić information content (AvgIpc) is 2.42. The van der Waals surface area contributed by atoms with Crippen molar-refractivity contribution in [3.63, 3.8) is 0 Å². The van der Waals surface area contributed by atoms with Crippen molar-refractivity contribution in [3.05, 3.63) is 11.8 Å². The molecule has 0 aromatic rings. The number of halogens is 1. The van der Waals surface area contributed by atoms with Gasteiger partial charge < -0.3 is 10.4 Å². The number of alkyl halides is 1. The molecule has 2 aliphatic rings. The van der Waals surface area contributed by atoms with Gasteiger partial charge >= 0.3 is 5.97 Å². The first-order valence-electron chi connectivity index (χ1n) is 5.67. The Morgan fingerprint density at radius 2 is 2.20 bits per heavy atom. The van der Waals surface area contributed by atoms with Gasteiger partial charge in [0.2, 0.25) is 5.91 Å². The van der Waals surface area contributed by atoms with E-state index in [1.165, 1.54) is 24.8 Å². The number of amides is 2. The highest BCUT2D eigenvalue weighted by atomic mass is 79.9. The van der Waals surface area contributed by atoms with Crippen molar-refractivity contribution in [2.75, 3.05) is 5.75 Å². The molecule has 1 fully saturated rings. The SMILES string of the molecule is CC(=O)C(Br)C(=O)NC1C(=O)N2C(C(=O)O)=CCS[C@H]12. The highest BCUT2D eigenvalue weighted by molar-refractivity contribution is 9.10. The van der Waals surface area contributed by atoms with Crippen molar-refractivity contribution in [1.82, 2.24) is 10.2 Å². The number of aliphatic carboxylic acids is 1. The number of ketones is 1. The van der Waals surface area contributed by atoms with E-state index in [9.17, 15) is 19.2 Å². The second-order valence-electron chi connectivity index (χ2n) is 4.29. The number of nitrogens with zero attached hydrogens (tertiary/aromatic N) is 1. The molecule has 20 heavy (non-hydrogen) atoms. The number of hydrogen-bond donors (Lipinski definition) is 2. The third kappa shape index (κ3) is 2.47. The molecule has 108 valence electrons. The fourth-order valence-corrected chi connectivity index (χ4v) is 3.28. The lowest BCUT2D eigenvalue weighted by Gasteiger charge is -2.48. The average molecular weight is 363 g/mol. The van der Waals surface area contributed by atoms with Gasteiger partial charge in [0.1, 0.15) is 17.1 Å². The Bertz CT molecular complexity index is 535. The molecule has 3 atom stereocenters. The molecular weight excluding hydrogens is 352 g/mol. The Hall–Kier alpha value is -1.35. The van der Waals surface area contributed by atoms with Crippen molar-refractivity contribution < 1.29 is 24.3 Å². The fourth-order valence-electron chi connectivity index (χ4n) is 1.95. The van der Waals surface area contributed by atoms with E-state index in [0.717, 1.165) is 4.90 Å². The molecule has 7 nitrogen and oxygen atoms in total. The summed E-state index contributed by atoms with van der Waals surface area (Å²) in [7, 11) is 0. The van der Waals surface area contributed by atoms with E-state index in [4.69, 9.17) is 5.11 Å². The number of hydrogen-bond acceptors (Lipinski definition) is 5. The summed E-state index contributed by atoms with van der Waals surface area (Å²) in [5.41, 5.74) is -0.0637. The fraction of sp³-hybridized carbons (Fsp3) is 0.455. The van der Waals surface area contributed by atoms with Crippen LogP contribution < -0.4 is 5.32 Å². The number of fused-ring (bicyclic) bond motifs is 1. The van der Waals surface area contributed by atoms with Crippen molar-refractivity contribution >= 4 is 51.3 Å². The molecule has 2 aliphatic heterocycles. The second-order valence-corrected chi connectivity index (χ2v) is 6.35. The van der Waals surface area contributed by atoms with Gasteiger partial charge in [0.25, 0.3) is 5.91 Å². The highest BCUT2D eigenvalue weighted by Gasteiger charge is 2.53. The van der Waals surface area contributed by atoms with Crippen LogP contribution in [0.15, 0.2) is 11.8 Å². The largest absolute Gasteiger partial charge is 0.477 e. The molecule has 2 amide bonds. The van der Waals surface area contributed by atoms with Gasteiger partial charge in [-0.2, -0.15) is 0 Å². The van der Waals surface area contributed by atoms with Crippen molar-refractivity contribution in [2.45, 2.75) is 23.2 Å². The maximum absolute atomic E-state index is 11.9. The van der Waals surface area contributed by atoms with Crippen molar-refractivity contribution in [1.29, 1.82) is 0 Å². The lowest BCUT2D eigenvalue weighted by molar-refractivity contribution is -0.150. The lowest BCUT2D eigenvalue weighted by Crippen LogP contribution is -2.70. The van der Waals surface area contributed by atoms with Gasteiger partial charge in [0.05, 0.1) is 0 Å². The summed E-state index contributed by atoms with van der Waals surface area (Å²) in [4.78, 5) is 45.9. The zero-order valence-electron chi connectivity index (χ0n) is 10.3. The van der Waals surface area contributed by atoms with E-state index in [2.05, 4.69) is 21.2 Å². The molecule has 0 radical (unpaired) electrons. The molecule has 0 spiro atoms. The Morgan fingerprint density at radius 1 is 1.55 bits per heavy atom. The van der Waals surface area contributed by atoms with Crippen LogP contribution in [-0.2, 0) is 19.2 Å². The predicted molar refractivity (Wildman–Crippen MR) is 74.1 cm³/mol. The number of rotatable bonds is 4. The first kappa shape index (κ1) is 15.0. The summed E-state index contributed by atoms with van der Waals surface area (Å²) >= 11 is 4.29. The van der Waals surface area contributed by atoms with E-state index in [-0.39, 0.29) is 11.5 Å². The standard InChI is InChI=1S/C11H11BrN2O5S/c1-4(15)6(12)8(16)13-7-9(17)14-5(11(18)19)2-3-20-10(7)14/h2,6-7,10H,3H2,1H3,(H,13,16)(H,18,19)/t6?,7?,10-/m1/s1. The third-order valence-electron chi connectivity index (χ3n) is 2.95. The van der Waals surface area contributed by atoms with Crippen LogP contribution in [0.5, 0.6) is 0 Å². The van der Waals surface area contributed by atoms with E-state index in [1.807, 2.05) is 0 Å². The summed E-state index contributed by atoms with van der Waals surface area (Å²) < 4.78 is 0. The minimum atomic E-state index is -1.17. The smallest absolute Gasteiger partial charge is 0.352 e. The molecule has 0 aromatic heterocycles. The first-order valence-corrected chi connectivity index (χ1v) is 7.64. The number of carboxylic acids is 1. The summed E-state index contributed by atoms with van der Waals surface area (Å²) in [5.74, 6) is -2.16. The molecule has 2 unspecified atom stereocenters. The molecule has 1 saturated heterocycles. The Kier molecular flexibility index (Phi) is 4.19. The van der Waals surface area contributed by atoms with Gasteiger partial charge in [-0.25, -0.2) is 4.79 Å². The number of thioether (sulfide) groups is 1. The molecule has 0 bridgehead atoms. The number of Topliss-reactive ketones (excluding diaryl/α,β-unsaturated/α-hetero) is 1. The Labute approximate surface area is 126 Å². The minimum absolute atomic E-state index is 0.0637. The summed E-state index contributed by atoms with van der Waals surface area (Å²) in [6.07, 6.45) is 1.46. The lowest BCUT2D eigenvalue weighted by atomic mass is 10.0. The van der Waals surface area contributed by atoms with Crippen molar-refractivity contribution in [3.8, 4) is 0 Å². The third-order valence-corrected chi connectivity index (χ3v) is 5.19. The first-order chi connectivity index (χ1) is 9.34. The van der Waals surface area contributed by atoms with Crippen molar-refractivity contribution in [2.24, 2.45) is 0 Å². The van der Waals surface area contributed by atoms with E-state index < -0.39 is 34.0 Å². The van der Waals surface area contributed by atoms with Gasteiger partial charge in [-0.3, -0.25) is 19.3 Å². The van der Waals surface area contributed by atoms with Gasteiger partial charge in [-0.1, -0.05) is 15.9 Å². The normalized spacial score (nSPS) is 26.0. The topological polar surface area (TPSA) is 104 Å². The molecule has 0 aromatic carbocycles. The van der Waals surface area contributed by atoms with Crippen LogP contribution >= 0.6 is 27.7 Å². The van der Waals surface area contributed by atoms with Gasteiger partial charge in [-0.15, -0.1) is 11.8 Å². The van der Waals surface area contributed by atoms with Gasteiger partial charge in [0.15, 0.2) is 10.6 Å². The molecule has 2 N–H and O–H groups in total. The van der Waals surface area contributed by atoms with Gasteiger partial charge in [-0.05, 0) is 13.0 Å². The Balaban J connectivity index is 2.06. The van der Waals surface area contributed by atoms with Crippen LogP contribution in [0, 0.1) is 0 Å². The number of carboxylic acid groups (broad SMARTS) is 1. The van der Waals surface area contributed by atoms with Gasteiger partial charge in [0, 0.05) is 5.75 Å².